The SMILES string of the molecule is NC(=O)C1CCCN(CCCNC(=O)c2cn(-c3ccc(Cl)c(Cl)c3)cn2)C1. The van der Waals surface area contributed by atoms with Gasteiger partial charge in [-0.25, -0.2) is 4.98 Å². The summed E-state index contributed by atoms with van der Waals surface area (Å²) in [6, 6.07) is 5.21. The summed E-state index contributed by atoms with van der Waals surface area (Å²) in [7, 11) is 0. The highest BCUT2D eigenvalue weighted by molar-refractivity contribution is 6.42. The molecule has 7 nitrogen and oxygen atoms in total. The number of carbonyl (C=O) groups excluding carboxylic acids is 2. The van der Waals surface area contributed by atoms with Crippen LogP contribution in [0, 0.1) is 5.92 Å². The lowest BCUT2D eigenvalue weighted by Crippen LogP contribution is -2.42. The maximum absolute atomic E-state index is 12.3. The molecule has 3 N–H and O–H groups in total. The number of halogens is 2. The molecule has 150 valence electrons. The Balaban J connectivity index is 1.46. The minimum Gasteiger partial charge on any atom is -0.369 e. The van der Waals surface area contributed by atoms with E-state index in [0.29, 0.717) is 28.8 Å². The van der Waals surface area contributed by atoms with Gasteiger partial charge in [0.2, 0.25) is 5.91 Å². The fourth-order valence-corrected chi connectivity index (χ4v) is 3.61. The van der Waals surface area contributed by atoms with Crippen molar-refractivity contribution in [2.24, 2.45) is 11.7 Å². The highest BCUT2D eigenvalue weighted by Crippen LogP contribution is 2.24. The summed E-state index contributed by atoms with van der Waals surface area (Å²) in [5.74, 6) is -0.517. The number of hydrogen-bond donors (Lipinski definition) is 2. The zero-order valence-electron chi connectivity index (χ0n) is 15.4. The van der Waals surface area contributed by atoms with E-state index in [9.17, 15) is 9.59 Å². The topological polar surface area (TPSA) is 93.3 Å². The number of nitrogens with zero attached hydrogens (tertiary/aromatic N) is 3. The molecule has 1 aliphatic heterocycles. The van der Waals surface area contributed by atoms with Crippen LogP contribution in [0.3, 0.4) is 0 Å². The number of hydrogen-bond acceptors (Lipinski definition) is 4. The molecule has 0 aliphatic carbocycles. The first-order valence-corrected chi connectivity index (χ1v) is 9.99. The number of piperidine rings is 1. The van der Waals surface area contributed by atoms with E-state index < -0.39 is 0 Å². The molecule has 9 heteroatoms. The van der Waals surface area contributed by atoms with Crippen molar-refractivity contribution in [3.8, 4) is 5.69 Å². The number of aromatic nitrogens is 2. The quantitative estimate of drug-likeness (QED) is 0.668. The van der Waals surface area contributed by atoms with E-state index >= 15 is 0 Å². The van der Waals surface area contributed by atoms with Gasteiger partial charge in [0.05, 0.1) is 16.0 Å². The lowest BCUT2D eigenvalue weighted by atomic mass is 9.97. The van der Waals surface area contributed by atoms with Crippen molar-refractivity contribution >= 4 is 35.0 Å². The Labute approximate surface area is 173 Å². The van der Waals surface area contributed by atoms with E-state index in [4.69, 9.17) is 28.9 Å². The Hall–Kier alpha value is -2.09. The van der Waals surface area contributed by atoms with Crippen LogP contribution in [0.25, 0.3) is 5.69 Å². The van der Waals surface area contributed by atoms with Crippen molar-refractivity contribution in [1.82, 2.24) is 19.8 Å². The first-order valence-electron chi connectivity index (χ1n) is 9.23. The van der Waals surface area contributed by atoms with Gasteiger partial charge in [-0.3, -0.25) is 9.59 Å². The Morgan fingerprint density at radius 1 is 1.29 bits per heavy atom. The molecule has 0 saturated carbocycles. The molecule has 0 spiro atoms. The Bertz CT molecular complexity index is 855. The van der Waals surface area contributed by atoms with Gasteiger partial charge in [0.25, 0.3) is 5.91 Å². The first-order chi connectivity index (χ1) is 13.4. The molecule has 0 bridgehead atoms. The molecular weight excluding hydrogens is 401 g/mol. The zero-order valence-corrected chi connectivity index (χ0v) is 16.9. The highest BCUT2D eigenvalue weighted by Gasteiger charge is 2.23. The van der Waals surface area contributed by atoms with Crippen LogP contribution in [0.1, 0.15) is 29.8 Å². The Morgan fingerprint density at radius 2 is 2.11 bits per heavy atom. The predicted octanol–water partition coefficient (Wildman–Crippen LogP) is 2.50. The Morgan fingerprint density at radius 3 is 2.86 bits per heavy atom. The molecule has 1 aromatic heterocycles. The number of rotatable bonds is 7. The van der Waals surface area contributed by atoms with Gasteiger partial charge in [-0.2, -0.15) is 0 Å². The van der Waals surface area contributed by atoms with Crippen molar-refractivity contribution in [3.63, 3.8) is 0 Å². The fourth-order valence-electron chi connectivity index (χ4n) is 3.31. The van der Waals surface area contributed by atoms with Gasteiger partial charge < -0.3 is 20.5 Å². The van der Waals surface area contributed by atoms with Gasteiger partial charge in [-0.05, 0) is 50.6 Å². The minimum absolute atomic E-state index is 0.0614. The molecule has 1 fully saturated rings. The number of nitrogens with two attached hydrogens (primary N) is 1. The summed E-state index contributed by atoms with van der Waals surface area (Å²) in [5, 5.41) is 3.79. The van der Waals surface area contributed by atoms with Crippen LogP contribution in [0.5, 0.6) is 0 Å². The molecular formula is C19H23Cl2N5O2. The van der Waals surface area contributed by atoms with Crippen LogP contribution in [-0.4, -0.2) is 52.4 Å². The van der Waals surface area contributed by atoms with Gasteiger partial charge in [-0.1, -0.05) is 23.2 Å². The standard InChI is InChI=1S/C19H23Cl2N5O2/c20-15-5-4-14(9-16(15)21)26-11-17(24-12-26)19(28)23-6-2-8-25-7-1-3-13(10-25)18(22)27/h4-5,9,11-13H,1-3,6-8,10H2,(H2,22,27)(H,23,28). The Kier molecular flexibility index (Phi) is 6.93. The van der Waals surface area contributed by atoms with Crippen LogP contribution < -0.4 is 11.1 Å². The predicted molar refractivity (Wildman–Crippen MR) is 109 cm³/mol. The second kappa shape index (κ2) is 9.41. The van der Waals surface area contributed by atoms with Crippen molar-refractivity contribution in [1.29, 1.82) is 0 Å². The van der Waals surface area contributed by atoms with Crippen LogP contribution in [0.15, 0.2) is 30.7 Å². The van der Waals surface area contributed by atoms with Gasteiger partial charge in [0.15, 0.2) is 0 Å². The first kappa shape index (κ1) is 20.6. The number of nitrogens with one attached hydrogen (secondary N) is 1. The van der Waals surface area contributed by atoms with Crippen molar-refractivity contribution in [2.75, 3.05) is 26.2 Å². The van der Waals surface area contributed by atoms with E-state index in [1.807, 2.05) is 0 Å². The van der Waals surface area contributed by atoms with Gasteiger partial charge >= 0.3 is 0 Å². The molecule has 1 unspecified atom stereocenters. The fraction of sp³-hybridized carbons (Fsp3) is 0.421. The van der Waals surface area contributed by atoms with Crippen LogP contribution >= 0.6 is 23.2 Å². The molecule has 3 rings (SSSR count). The smallest absolute Gasteiger partial charge is 0.271 e. The van der Waals surface area contributed by atoms with Crippen LogP contribution in [0.4, 0.5) is 0 Å². The molecule has 28 heavy (non-hydrogen) atoms. The molecule has 1 aliphatic rings. The van der Waals surface area contributed by atoms with E-state index in [-0.39, 0.29) is 17.7 Å². The number of primary amides is 1. The average molecular weight is 424 g/mol. The van der Waals surface area contributed by atoms with Gasteiger partial charge in [0.1, 0.15) is 12.0 Å². The molecule has 0 radical (unpaired) electrons. The van der Waals surface area contributed by atoms with E-state index in [1.54, 1.807) is 35.3 Å². The second-order valence-corrected chi connectivity index (χ2v) is 7.73. The van der Waals surface area contributed by atoms with E-state index in [2.05, 4.69) is 15.2 Å². The van der Waals surface area contributed by atoms with E-state index in [0.717, 1.165) is 38.0 Å². The van der Waals surface area contributed by atoms with Crippen molar-refractivity contribution in [3.05, 3.63) is 46.5 Å². The van der Waals surface area contributed by atoms with E-state index in [1.165, 1.54) is 0 Å². The van der Waals surface area contributed by atoms with Crippen LogP contribution in [0.2, 0.25) is 10.0 Å². The highest BCUT2D eigenvalue weighted by atomic mass is 35.5. The molecule has 1 saturated heterocycles. The lowest BCUT2D eigenvalue weighted by Gasteiger charge is -2.31. The lowest BCUT2D eigenvalue weighted by molar-refractivity contribution is -0.123. The summed E-state index contributed by atoms with van der Waals surface area (Å²) in [5.41, 5.74) is 6.51. The minimum atomic E-state index is -0.229. The molecule has 2 amide bonds. The normalized spacial score (nSPS) is 17.4. The third-order valence-electron chi connectivity index (χ3n) is 4.86. The molecule has 1 aromatic carbocycles. The maximum atomic E-state index is 12.3. The third-order valence-corrected chi connectivity index (χ3v) is 5.60. The van der Waals surface area contributed by atoms with Crippen LogP contribution in [-0.2, 0) is 4.79 Å². The second-order valence-electron chi connectivity index (χ2n) is 6.92. The molecule has 1 atom stereocenters. The molecule has 2 aromatic rings. The zero-order chi connectivity index (χ0) is 20.1. The maximum Gasteiger partial charge on any atom is 0.271 e. The van der Waals surface area contributed by atoms with Crippen molar-refractivity contribution < 1.29 is 9.59 Å². The summed E-state index contributed by atoms with van der Waals surface area (Å²) in [6.07, 6.45) is 5.85. The number of likely N-dealkylation sites (tertiary alicyclic amines) is 1. The monoisotopic (exact) mass is 423 g/mol. The number of amides is 2. The largest absolute Gasteiger partial charge is 0.369 e. The number of carbonyl (C=O) groups is 2. The average Bonchev–Trinajstić information content (AvgIpc) is 3.18. The summed E-state index contributed by atoms with van der Waals surface area (Å²) >= 11 is 12.0. The number of benzene rings is 1. The van der Waals surface area contributed by atoms with Gasteiger partial charge in [0, 0.05) is 25.0 Å². The summed E-state index contributed by atoms with van der Waals surface area (Å²) < 4.78 is 1.72. The number of imidazole rings is 1. The molecule has 2 heterocycles. The third kappa shape index (κ3) is 5.25. The summed E-state index contributed by atoms with van der Waals surface area (Å²) in [4.78, 5) is 30.0. The van der Waals surface area contributed by atoms with Crippen molar-refractivity contribution in [2.45, 2.75) is 19.3 Å². The van der Waals surface area contributed by atoms with Gasteiger partial charge in [-0.15, -0.1) is 0 Å². The summed E-state index contributed by atoms with van der Waals surface area (Å²) in [6.45, 7) is 3.03.